The Bertz CT molecular complexity index is 1940. The number of aryl methyl sites for hydroxylation is 3. The fraction of sp³-hybridized carbons (Fsp3) is 0.410. The first-order chi connectivity index (χ1) is 23.1. The Kier molecular flexibility index (Phi) is 11.1. The van der Waals surface area contributed by atoms with Gasteiger partial charge in [0.1, 0.15) is 0 Å². The molecule has 0 saturated carbocycles. The van der Waals surface area contributed by atoms with Gasteiger partial charge in [-0.2, -0.15) is 0 Å². The molecule has 0 saturated heterocycles. The highest BCUT2D eigenvalue weighted by atomic mass is 16.5. The maximum absolute atomic E-state index is 13.2. The molecule has 3 aromatic rings. The molecule has 0 unspecified atom stereocenters. The molecule has 0 atom stereocenters. The summed E-state index contributed by atoms with van der Waals surface area (Å²) in [5.41, 5.74) is 16.6. The van der Waals surface area contributed by atoms with Crippen molar-refractivity contribution >= 4 is 56.3 Å². The minimum atomic E-state index is -0.00687. The maximum Gasteiger partial charge on any atom is 0.222 e. The van der Waals surface area contributed by atoms with E-state index in [2.05, 4.69) is 82.4 Å². The normalized spacial score (nSPS) is 13.1. The number of carbonyl (C=O) groups excluding carboxylic acids is 1. The summed E-state index contributed by atoms with van der Waals surface area (Å²) in [7, 11) is 1.81. The van der Waals surface area contributed by atoms with Crippen LogP contribution in [0, 0.1) is 20.8 Å². The molecule has 0 aromatic carbocycles. The molecule has 0 radical (unpaired) electrons. The SMILES string of the molecule is C=Cc1c(C)c2cc3nc(c(C)c4cc(C)c(cc5nc(cc1[nH]2)C(C)=C5CC)[nH]4)C(CCC(=O)N(C)CCOCCOCCO)=C3C. The van der Waals surface area contributed by atoms with Crippen molar-refractivity contribution in [1.29, 1.82) is 0 Å². The number of ether oxygens (including phenoxy) is 2. The number of aromatic amines is 2. The molecule has 0 fully saturated rings. The third kappa shape index (κ3) is 7.23. The number of nitrogens with zero attached hydrogens (tertiary/aromatic N) is 3. The van der Waals surface area contributed by atoms with Crippen LogP contribution < -0.4 is 0 Å². The van der Waals surface area contributed by atoms with Gasteiger partial charge in [-0.15, -0.1) is 0 Å². The smallest absolute Gasteiger partial charge is 0.222 e. The first-order valence-corrected chi connectivity index (χ1v) is 16.8. The standard InChI is InChI=1S/C39H49N5O4/c1-9-28-25(5)34-22-37-29(10-2)24(4)33(41-37)21-35-26(6)30(11-12-38(46)44(8)13-15-47-17-18-48-16-14-45)39(43-35)27(7)32-19-23(3)31(40-32)20-36(28)42-34/h10,19-22,40-41,45H,2,9,11-18H2,1,3-8H3. The fourth-order valence-electron chi connectivity index (χ4n) is 6.47. The van der Waals surface area contributed by atoms with E-state index in [9.17, 15) is 4.79 Å². The average Bonchev–Trinajstić information content (AvgIpc) is 3.77. The molecule has 3 aromatic heterocycles. The van der Waals surface area contributed by atoms with Gasteiger partial charge in [-0.3, -0.25) is 4.79 Å². The minimum Gasteiger partial charge on any atom is -0.394 e. The van der Waals surface area contributed by atoms with Crippen LogP contribution >= 0.6 is 0 Å². The van der Waals surface area contributed by atoms with Gasteiger partial charge in [0.05, 0.1) is 55.8 Å². The monoisotopic (exact) mass is 651 g/mol. The Labute approximate surface area is 283 Å². The number of amides is 1. The van der Waals surface area contributed by atoms with Crippen LogP contribution in [-0.4, -0.2) is 82.5 Å². The van der Waals surface area contributed by atoms with E-state index in [-0.39, 0.29) is 12.5 Å². The Morgan fingerprint density at radius 1 is 0.833 bits per heavy atom. The predicted molar refractivity (Wildman–Crippen MR) is 196 cm³/mol. The minimum absolute atomic E-state index is 0.00687. The second kappa shape index (κ2) is 15.3. The third-order valence-electron chi connectivity index (χ3n) is 9.52. The number of nitrogens with one attached hydrogen (secondary N) is 2. The predicted octanol–water partition coefficient (Wildman–Crippen LogP) is 7.42. The number of hydrogen-bond acceptors (Lipinski definition) is 6. The highest BCUT2D eigenvalue weighted by Gasteiger charge is 2.22. The molecular formula is C39H49N5O4. The van der Waals surface area contributed by atoms with E-state index < -0.39 is 0 Å². The summed E-state index contributed by atoms with van der Waals surface area (Å²) in [6.07, 6.45) is 3.71. The van der Waals surface area contributed by atoms with Crippen LogP contribution in [0.2, 0.25) is 0 Å². The van der Waals surface area contributed by atoms with Crippen LogP contribution in [0.5, 0.6) is 0 Å². The van der Waals surface area contributed by atoms with E-state index >= 15 is 0 Å². The fourth-order valence-corrected chi connectivity index (χ4v) is 6.47. The van der Waals surface area contributed by atoms with Crippen molar-refractivity contribution in [3.63, 3.8) is 0 Å². The van der Waals surface area contributed by atoms with Gasteiger partial charge in [0, 0.05) is 47.6 Å². The summed E-state index contributed by atoms with van der Waals surface area (Å²) in [5, 5.41) is 8.81. The zero-order valence-corrected chi connectivity index (χ0v) is 29.5. The van der Waals surface area contributed by atoms with Crippen LogP contribution in [0.1, 0.15) is 85.1 Å². The van der Waals surface area contributed by atoms with Crippen molar-refractivity contribution in [3.05, 3.63) is 75.9 Å². The lowest BCUT2D eigenvalue weighted by molar-refractivity contribution is -0.130. The van der Waals surface area contributed by atoms with Crippen molar-refractivity contribution in [2.75, 3.05) is 46.6 Å². The van der Waals surface area contributed by atoms with Gasteiger partial charge >= 0.3 is 0 Å². The quantitative estimate of drug-likeness (QED) is 0.166. The van der Waals surface area contributed by atoms with Crippen molar-refractivity contribution in [2.24, 2.45) is 0 Å². The van der Waals surface area contributed by atoms with E-state index in [4.69, 9.17) is 24.5 Å². The molecule has 2 aliphatic rings. The lowest BCUT2D eigenvalue weighted by Crippen LogP contribution is -2.30. The molecule has 9 nitrogen and oxygen atoms in total. The first-order valence-electron chi connectivity index (χ1n) is 16.8. The van der Waals surface area contributed by atoms with Crippen molar-refractivity contribution in [3.8, 4) is 0 Å². The van der Waals surface area contributed by atoms with Crippen LogP contribution in [0.15, 0.2) is 30.8 Å². The Morgan fingerprint density at radius 3 is 2.17 bits per heavy atom. The Balaban J connectivity index is 1.56. The summed E-state index contributed by atoms with van der Waals surface area (Å²) in [4.78, 5) is 32.6. The molecule has 2 aliphatic heterocycles. The molecule has 254 valence electrons. The van der Waals surface area contributed by atoms with Crippen LogP contribution in [-0.2, 0) is 14.3 Å². The van der Waals surface area contributed by atoms with Gasteiger partial charge in [0.15, 0.2) is 0 Å². The number of rotatable bonds is 13. The molecule has 5 rings (SSSR count). The van der Waals surface area contributed by atoms with E-state index in [0.717, 1.165) is 84.7 Å². The molecule has 0 aliphatic carbocycles. The summed E-state index contributed by atoms with van der Waals surface area (Å²) < 4.78 is 10.8. The van der Waals surface area contributed by atoms with E-state index in [1.807, 2.05) is 13.1 Å². The highest BCUT2D eigenvalue weighted by molar-refractivity contribution is 5.96. The number of allylic oxidation sites excluding steroid dienone is 4. The molecule has 3 N–H and O–H groups in total. The molecular weight excluding hydrogens is 602 g/mol. The van der Waals surface area contributed by atoms with Crippen LogP contribution in [0.3, 0.4) is 0 Å². The van der Waals surface area contributed by atoms with Crippen LogP contribution in [0.4, 0.5) is 0 Å². The van der Waals surface area contributed by atoms with Gasteiger partial charge in [0.2, 0.25) is 5.91 Å². The van der Waals surface area contributed by atoms with Crippen molar-refractivity contribution < 1.29 is 19.4 Å². The molecule has 8 bridgehead atoms. The molecule has 9 heteroatoms. The second-order valence-electron chi connectivity index (χ2n) is 12.6. The number of H-pyrrole nitrogens is 2. The Hall–Kier alpha value is -4.31. The van der Waals surface area contributed by atoms with Crippen molar-refractivity contribution in [2.45, 2.75) is 60.8 Å². The average molecular weight is 652 g/mol. The third-order valence-corrected chi connectivity index (χ3v) is 9.52. The molecule has 48 heavy (non-hydrogen) atoms. The molecule has 5 heterocycles. The van der Waals surface area contributed by atoms with E-state index in [1.165, 1.54) is 11.1 Å². The Morgan fingerprint density at radius 2 is 1.46 bits per heavy atom. The van der Waals surface area contributed by atoms with E-state index in [1.54, 1.807) is 4.90 Å². The van der Waals surface area contributed by atoms with Gasteiger partial charge < -0.3 is 29.4 Å². The zero-order chi connectivity index (χ0) is 34.5. The number of aliphatic hydroxyl groups is 1. The summed E-state index contributed by atoms with van der Waals surface area (Å²) >= 11 is 0. The van der Waals surface area contributed by atoms with Gasteiger partial charge in [0.25, 0.3) is 0 Å². The van der Waals surface area contributed by atoms with Gasteiger partial charge in [-0.1, -0.05) is 19.6 Å². The number of carbonyl (C=O) groups is 1. The number of aromatic nitrogens is 4. The lowest BCUT2D eigenvalue weighted by atomic mass is 9.98. The number of likely N-dealkylation sites (N-methyl/N-ethyl adjacent to an activating group) is 1. The summed E-state index contributed by atoms with van der Waals surface area (Å²) in [6.45, 7) is 18.9. The van der Waals surface area contributed by atoms with Gasteiger partial charge in [-0.05, 0) is 111 Å². The maximum atomic E-state index is 13.2. The van der Waals surface area contributed by atoms with E-state index in [0.29, 0.717) is 45.8 Å². The van der Waals surface area contributed by atoms with Crippen molar-refractivity contribution in [1.82, 2.24) is 24.8 Å². The first kappa shape index (κ1) is 35.0. The largest absolute Gasteiger partial charge is 0.394 e. The number of hydrogen-bond donors (Lipinski definition) is 3. The summed E-state index contributed by atoms with van der Waals surface area (Å²) in [6, 6.07) is 8.58. The second-order valence-corrected chi connectivity index (χ2v) is 12.6. The van der Waals surface area contributed by atoms with Crippen LogP contribution in [0.25, 0.3) is 50.4 Å². The summed E-state index contributed by atoms with van der Waals surface area (Å²) in [5.74, 6) is 0.0512. The zero-order valence-electron chi connectivity index (χ0n) is 29.5. The topological polar surface area (TPSA) is 116 Å². The number of aliphatic hydroxyl groups excluding tert-OH is 1. The molecule has 1 amide bonds. The highest BCUT2D eigenvalue weighted by Crippen LogP contribution is 2.37. The molecule has 0 spiro atoms. The van der Waals surface area contributed by atoms with Gasteiger partial charge in [-0.25, -0.2) is 9.97 Å². The lowest BCUT2D eigenvalue weighted by Gasteiger charge is -2.17. The number of fused-ring (bicyclic) bond motifs is 8.